The first-order valence-corrected chi connectivity index (χ1v) is 8.75. The number of hydrogen-bond acceptors (Lipinski definition) is 4. The first-order chi connectivity index (χ1) is 9.70. The lowest BCUT2D eigenvalue weighted by atomic mass is 10.1. The number of hydrogen-bond donors (Lipinski definition) is 2. The number of methoxy groups -OCH3 is 1. The van der Waals surface area contributed by atoms with Gasteiger partial charge in [0.25, 0.3) is 5.91 Å². The standard InChI is InChI=1S/C13H19BrN2O4S/c1-4-5-8(2)16-13(17)9-6-10(14)12(20-3)11(7-9)21(15,18)19/h6-8H,4-5H2,1-3H3,(H,16,17)(H2,15,18,19). The molecule has 0 aliphatic rings. The summed E-state index contributed by atoms with van der Waals surface area (Å²) in [4.78, 5) is 11.9. The fraction of sp³-hybridized carbons (Fsp3) is 0.462. The van der Waals surface area contributed by atoms with E-state index >= 15 is 0 Å². The maximum Gasteiger partial charge on any atom is 0.251 e. The summed E-state index contributed by atoms with van der Waals surface area (Å²) in [6.45, 7) is 3.91. The van der Waals surface area contributed by atoms with Gasteiger partial charge in [0.05, 0.1) is 11.6 Å². The topological polar surface area (TPSA) is 98.5 Å². The Morgan fingerprint density at radius 3 is 2.57 bits per heavy atom. The van der Waals surface area contributed by atoms with Crippen LogP contribution in [0.1, 0.15) is 37.0 Å². The van der Waals surface area contributed by atoms with E-state index in [9.17, 15) is 13.2 Å². The van der Waals surface area contributed by atoms with E-state index in [0.717, 1.165) is 12.8 Å². The molecule has 1 aromatic carbocycles. The molecule has 0 heterocycles. The number of benzene rings is 1. The number of carbonyl (C=O) groups excluding carboxylic acids is 1. The highest BCUT2D eigenvalue weighted by Crippen LogP contribution is 2.33. The van der Waals surface area contributed by atoms with Crippen LogP contribution in [-0.2, 0) is 10.0 Å². The molecule has 8 heteroatoms. The average molecular weight is 379 g/mol. The third-order valence-corrected chi connectivity index (χ3v) is 4.39. The third-order valence-electron chi connectivity index (χ3n) is 2.88. The Kier molecular flexibility index (Phi) is 6.18. The molecular formula is C13H19BrN2O4S. The molecule has 1 unspecified atom stereocenters. The molecule has 0 aromatic heterocycles. The van der Waals surface area contributed by atoms with Gasteiger partial charge in [-0.05, 0) is 41.4 Å². The maximum atomic E-state index is 12.2. The molecule has 6 nitrogen and oxygen atoms in total. The molecule has 0 bridgehead atoms. The third kappa shape index (κ3) is 4.69. The molecule has 21 heavy (non-hydrogen) atoms. The van der Waals surface area contributed by atoms with Crippen LogP contribution in [0.5, 0.6) is 5.75 Å². The molecule has 1 aromatic rings. The van der Waals surface area contributed by atoms with Gasteiger partial charge >= 0.3 is 0 Å². The summed E-state index contributed by atoms with van der Waals surface area (Å²) < 4.78 is 28.6. The molecule has 0 spiro atoms. The zero-order valence-electron chi connectivity index (χ0n) is 12.1. The zero-order chi connectivity index (χ0) is 16.2. The van der Waals surface area contributed by atoms with Crippen LogP contribution in [0.2, 0.25) is 0 Å². The van der Waals surface area contributed by atoms with Crippen molar-refractivity contribution in [1.29, 1.82) is 0 Å². The minimum atomic E-state index is -4.00. The number of primary sulfonamides is 1. The van der Waals surface area contributed by atoms with Crippen molar-refractivity contribution >= 4 is 31.9 Å². The van der Waals surface area contributed by atoms with Gasteiger partial charge in [-0.25, -0.2) is 13.6 Å². The Balaban J connectivity index is 3.22. The van der Waals surface area contributed by atoms with Crippen molar-refractivity contribution in [1.82, 2.24) is 5.32 Å². The van der Waals surface area contributed by atoms with E-state index in [2.05, 4.69) is 21.2 Å². The van der Waals surface area contributed by atoms with Crippen molar-refractivity contribution in [3.05, 3.63) is 22.2 Å². The highest BCUT2D eigenvalue weighted by molar-refractivity contribution is 9.10. The van der Waals surface area contributed by atoms with Crippen LogP contribution in [0.4, 0.5) is 0 Å². The summed E-state index contributed by atoms with van der Waals surface area (Å²) >= 11 is 3.19. The molecular weight excluding hydrogens is 360 g/mol. The Hall–Kier alpha value is -1.12. The minimum Gasteiger partial charge on any atom is -0.494 e. The van der Waals surface area contributed by atoms with Crippen LogP contribution in [0.3, 0.4) is 0 Å². The number of halogens is 1. The second-order valence-electron chi connectivity index (χ2n) is 4.70. The molecule has 0 radical (unpaired) electrons. The molecule has 0 saturated heterocycles. The van der Waals surface area contributed by atoms with Crippen molar-refractivity contribution in [2.24, 2.45) is 5.14 Å². The number of rotatable bonds is 6. The molecule has 0 aliphatic heterocycles. The molecule has 1 amide bonds. The number of nitrogens with two attached hydrogens (primary N) is 1. The number of nitrogens with one attached hydrogen (secondary N) is 1. The average Bonchev–Trinajstić information content (AvgIpc) is 2.36. The summed E-state index contributed by atoms with van der Waals surface area (Å²) in [5.74, 6) is -0.278. The summed E-state index contributed by atoms with van der Waals surface area (Å²) in [5.41, 5.74) is 0.203. The highest BCUT2D eigenvalue weighted by atomic mass is 79.9. The molecule has 118 valence electrons. The number of carbonyl (C=O) groups is 1. The molecule has 0 saturated carbocycles. The van der Waals surface area contributed by atoms with Crippen LogP contribution >= 0.6 is 15.9 Å². The van der Waals surface area contributed by atoms with Gasteiger partial charge < -0.3 is 10.1 Å². The normalized spacial score (nSPS) is 12.8. The molecule has 1 atom stereocenters. The Bertz CT molecular complexity index is 631. The van der Waals surface area contributed by atoms with Crippen molar-refractivity contribution in [2.45, 2.75) is 37.6 Å². The second-order valence-corrected chi connectivity index (χ2v) is 7.08. The van der Waals surface area contributed by atoms with Gasteiger partial charge in [0.1, 0.15) is 4.90 Å². The second kappa shape index (κ2) is 7.24. The van der Waals surface area contributed by atoms with Gasteiger partial charge in [0.2, 0.25) is 10.0 Å². The van der Waals surface area contributed by atoms with Gasteiger partial charge in [-0.2, -0.15) is 0 Å². The van der Waals surface area contributed by atoms with Crippen molar-refractivity contribution in [3.8, 4) is 5.75 Å². The minimum absolute atomic E-state index is 0.00121. The smallest absolute Gasteiger partial charge is 0.251 e. The van der Waals surface area contributed by atoms with E-state index < -0.39 is 10.0 Å². The quantitative estimate of drug-likeness (QED) is 0.790. The Labute approximate surface area is 133 Å². The summed E-state index contributed by atoms with van der Waals surface area (Å²) in [5, 5.41) is 7.96. The van der Waals surface area contributed by atoms with Gasteiger partial charge in [-0.15, -0.1) is 0 Å². The first-order valence-electron chi connectivity index (χ1n) is 6.41. The summed E-state index contributed by atoms with van der Waals surface area (Å²) in [6, 6.07) is 2.72. The van der Waals surface area contributed by atoms with E-state index in [1.165, 1.54) is 19.2 Å². The van der Waals surface area contributed by atoms with Crippen LogP contribution in [0.25, 0.3) is 0 Å². The molecule has 1 rings (SSSR count). The molecule has 0 fully saturated rings. The fourth-order valence-electron chi connectivity index (χ4n) is 1.92. The lowest BCUT2D eigenvalue weighted by molar-refractivity contribution is 0.0938. The van der Waals surface area contributed by atoms with E-state index in [1.807, 2.05) is 13.8 Å². The Morgan fingerprint density at radius 1 is 1.48 bits per heavy atom. The SMILES string of the molecule is CCCC(C)NC(=O)c1cc(Br)c(OC)c(S(N)(=O)=O)c1. The highest BCUT2D eigenvalue weighted by Gasteiger charge is 2.21. The van der Waals surface area contributed by atoms with E-state index in [4.69, 9.17) is 9.88 Å². The molecule has 3 N–H and O–H groups in total. The van der Waals surface area contributed by atoms with E-state index in [0.29, 0.717) is 4.47 Å². The lowest BCUT2D eigenvalue weighted by Gasteiger charge is -2.15. The predicted molar refractivity (Wildman–Crippen MR) is 83.9 cm³/mol. The molecule has 0 aliphatic carbocycles. The number of amides is 1. The zero-order valence-corrected chi connectivity index (χ0v) is 14.5. The predicted octanol–water partition coefficient (Wildman–Crippen LogP) is 2.02. The van der Waals surface area contributed by atoms with Crippen LogP contribution in [-0.4, -0.2) is 27.5 Å². The lowest BCUT2D eigenvalue weighted by Crippen LogP contribution is -2.32. The van der Waals surface area contributed by atoms with Gasteiger partial charge in [0, 0.05) is 11.6 Å². The monoisotopic (exact) mass is 378 g/mol. The first kappa shape index (κ1) is 17.9. The Morgan fingerprint density at radius 2 is 2.10 bits per heavy atom. The largest absolute Gasteiger partial charge is 0.494 e. The van der Waals surface area contributed by atoms with Crippen LogP contribution in [0, 0.1) is 0 Å². The van der Waals surface area contributed by atoms with Gasteiger partial charge in [0.15, 0.2) is 5.75 Å². The van der Waals surface area contributed by atoms with Crippen molar-refractivity contribution < 1.29 is 17.9 Å². The van der Waals surface area contributed by atoms with Crippen LogP contribution in [0.15, 0.2) is 21.5 Å². The van der Waals surface area contributed by atoms with Crippen molar-refractivity contribution in [3.63, 3.8) is 0 Å². The van der Waals surface area contributed by atoms with Gasteiger partial charge in [-0.1, -0.05) is 13.3 Å². The van der Waals surface area contributed by atoms with E-state index in [1.54, 1.807) is 0 Å². The number of ether oxygens (including phenoxy) is 1. The van der Waals surface area contributed by atoms with Gasteiger partial charge in [-0.3, -0.25) is 4.79 Å². The fourth-order valence-corrected chi connectivity index (χ4v) is 3.42. The summed E-state index contributed by atoms with van der Waals surface area (Å²) in [7, 11) is -2.67. The van der Waals surface area contributed by atoms with E-state index in [-0.39, 0.29) is 28.2 Å². The maximum absolute atomic E-state index is 12.2. The number of sulfonamides is 1. The van der Waals surface area contributed by atoms with Crippen molar-refractivity contribution in [2.75, 3.05) is 7.11 Å². The van der Waals surface area contributed by atoms with Crippen LogP contribution < -0.4 is 15.2 Å². The summed E-state index contributed by atoms with van der Waals surface area (Å²) in [6.07, 6.45) is 1.78.